The molecule has 7 nitrogen and oxygen atoms in total. The van der Waals surface area contributed by atoms with Gasteiger partial charge in [-0.2, -0.15) is 4.98 Å². The van der Waals surface area contributed by atoms with Crippen molar-refractivity contribution >= 4 is 12.0 Å². The van der Waals surface area contributed by atoms with E-state index in [2.05, 4.69) is 15.0 Å². The topological polar surface area (TPSA) is 77.4 Å². The van der Waals surface area contributed by atoms with E-state index in [1.54, 1.807) is 26.6 Å². The number of aromatic nitrogens is 3. The zero-order valence-electron chi connectivity index (χ0n) is 18.1. The molecule has 3 rings (SSSR count). The van der Waals surface area contributed by atoms with Gasteiger partial charge in [0.15, 0.2) is 0 Å². The van der Waals surface area contributed by atoms with Gasteiger partial charge in [0.1, 0.15) is 11.6 Å². The number of amides is 1. The van der Waals surface area contributed by atoms with Crippen LogP contribution in [0.5, 0.6) is 11.6 Å². The predicted molar refractivity (Wildman–Crippen MR) is 115 cm³/mol. The van der Waals surface area contributed by atoms with Gasteiger partial charge in [-0.05, 0) is 51.0 Å². The number of carbonyl (C=O) groups excluding carboxylic acids is 1. The molecule has 30 heavy (non-hydrogen) atoms. The van der Waals surface area contributed by atoms with Crippen LogP contribution in [0.25, 0.3) is 5.57 Å². The quantitative estimate of drug-likeness (QED) is 0.464. The highest BCUT2D eigenvalue weighted by molar-refractivity contribution is 5.77. The molecule has 0 spiro atoms. The Bertz CT molecular complexity index is 953. The lowest BCUT2D eigenvalue weighted by Gasteiger charge is -2.14. The number of hydrogen-bond acceptors (Lipinski definition) is 6. The fraction of sp³-hybridized carbons (Fsp3) is 0.391. The van der Waals surface area contributed by atoms with Crippen LogP contribution in [0.1, 0.15) is 43.3 Å². The van der Waals surface area contributed by atoms with Gasteiger partial charge >= 0.3 is 0 Å². The number of carbonyl (C=O) groups is 1. The van der Waals surface area contributed by atoms with Gasteiger partial charge in [-0.15, -0.1) is 0 Å². The van der Waals surface area contributed by atoms with Crippen molar-refractivity contribution in [3.05, 3.63) is 59.5 Å². The van der Waals surface area contributed by atoms with Crippen LogP contribution in [0.15, 0.2) is 42.4 Å². The molecule has 1 aliphatic carbocycles. The molecule has 0 saturated heterocycles. The average molecular weight is 409 g/mol. The molecule has 1 saturated carbocycles. The maximum atomic E-state index is 11.0. The fourth-order valence-electron chi connectivity index (χ4n) is 3.20. The Morgan fingerprint density at radius 1 is 1.30 bits per heavy atom. The third kappa shape index (κ3) is 5.03. The Labute approximate surface area is 177 Å². The summed E-state index contributed by atoms with van der Waals surface area (Å²) in [6.07, 6.45) is 9.23. The fourth-order valence-corrected chi connectivity index (χ4v) is 3.20. The molecule has 2 heterocycles. The zero-order chi connectivity index (χ0) is 21.7. The first-order valence-corrected chi connectivity index (χ1v) is 9.96. The van der Waals surface area contributed by atoms with Crippen LogP contribution in [-0.2, 0) is 4.79 Å². The summed E-state index contributed by atoms with van der Waals surface area (Å²) in [6, 6.07) is 3.95. The maximum absolute atomic E-state index is 11.0. The first kappa shape index (κ1) is 21.5. The van der Waals surface area contributed by atoms with E-state index in [4.69, 9.17) is 9.47 Å². The molecular formula is C23H28N4O3. The molecule has 1 aliphatic rings. The molecule has 2 unspecified atom stereocenters. The SMILES string of the molecule is C/C=C(\C=C(\C)N(C)C=O)c1cnc(C)nc1OCC1CC1c1ccc(OC)cn1. The van der Waals surface area contributed by atoms with Crippen LogP contribution < -0.4 is 9.47 Å². The second kappa shape index (κ2) is 9.52. The standard InChI is InChI=1S/C23H28N4O3/c1-6-17(9-15(2)27(4)14-28)21-12-24-16(3)26-23(21)30-13-18-10-20(18)22-8-7-19(29-5)11-25-22/h6-9,11-12,14,18,20H,10,13H2,1-5H3/b15-9-,17-6+. The Morgan fingerprint density at radius 2 is 2.10 bits per heavy atom. The first-order chi connectivity index (χ1) is 14.5. The largest absolute Gasteiger partial charge is 0.495 e. The minimum Gasteiger partial charge on any atom is -0.495 e. The summed E-state index contributed by atoms with van der Waals surface area (Å²) in [4.78, 5) is 25.9. The number of allylic oxidation sites excluding steroid dienone is 4. The van der Waals surface area contributed by atoms with Crippen molar-refractivity contribution in [2.24, 2.45) is 5.92 Å². The molecule has 0 aromatic carbocycles. The monoisotopic (exact) mass is 408 g/mol. The molecule has 158 valence electrons. The van der Waals surface area contributed by atoms with Crippen molar-refractivity contribution < 1.29 is 14.3 Å². The van der Waals surface area contributed by atoms with Gasteiger partial charge in [0.25, 0.3) is 0 Å². The third-order valence-electron chi connectivity index (χ3n) is 5.31. The molecule has 7 heteroatoms. The van der Waals surface area contributed by atoms with Crippen molar-refractivity contribution in [3.8, 4) is 11.6 Å². The molecule has 0 N–H and O–H groups in total. The summed E-state index contributed by atoms with van der Waals surface area (Å²) in [7, 11) is 3.36. The van der Waals surface area contributed by atoms with Gasteiger partial charge in [-0.3, -0.25) is 9.78 Å². The predicted octanol–water partition coefficient (Wildman–Crippen LogP) is 3.77. The van der Waals surface area contributed by atoms with E-state index in [-0.39, 0.29) is 0 Å². The van der Waals surface area contributed by atoms with Crippen LogP contribution in [0.4, 0.5) is 0 Å². The van der Waals surface area contributed by atoms with Crippen molar-refractivity contribution in [2.75, 3.05) is 20.8 Å². The number of nitrogens with zero attached hydrogens (tertiary/aromatic N) is 4. The minimum atomic E-state index is 0.395. The first-order valence-electron chi connectivity index (χ1n) is 9.96. The van der Waals surface area contributed by atoms with Crippen LogP contribution >= 0.6 is 0 Å². The van der Waals surface area contributed by atoms with Gasteiger partial charge in [-0.25, -0.2) is 4.98 Å². The molecule has 0 aliphatic heterocycles. The van der Waals surface area contributed by atoms with E-state index in [1.165, 1.54) is 4.90 Å². The van der Waals surface area contributed by atoms with E-state index < -0.39 is 0 Å². The van der Waals surface area contributed by atoms with E-state index >= 15 is 0 Å². The molecule has 2 aromatic rings. The molecule has 2 atom stereocenters. The molecule has 0 bridgehead atoms. The second-order valence-corrected chi connectivity index (χ2v) is 7.42. The van der Waals surface area contributed by atoms with E-state index in [0.29, 0.717) is 30.1 Å². The van der Waals surface area contributed by atoms with Crippen molar-refractivity contribution in [2.45, 2.75) is 33.1 Å². The number of hydrogen-bond donors (Lipinski definition) is 0. The lowest BCUT2D eigenvalue weighted by Crippen LogP contribution is -2.13. The van der Waals surface area contributed by atoms with Crippen LogP contribution in [-0.4, -0.2) is 47.0 Å². The Balaban J connectivity index is 1.72. The average Bonchev–Trinajstić information content (AvgIpc) is 3.55. The van der Waals surface area contributed by atoms with Gasteiger partial charge in [0, 0.05) is 36.5 Å². The van der Waals surface area contributed by atoms with Gasteiger partial charge in [0.05, 0.1) is 25.5 Å². The maximum Gasteiger partial charge on any atom is 0.224 e. The molecule has 2 aromatic heterocycles. The Kier molecular flexibility index (Phi) is 6.82. The Hall–Kier alpha value is -3.22. The Morgan fingerprint density at radius 3 is 2.73 bits per heavy atom. The van der Waals surface area contributed by atoms with Crippen molar-refractivity contribution in [3.63, 3.8) is 0 Å². The smallest absolute Gasteiger partial charge is 0.224 e. The van der Waals surface area contributed by atoms with E-state index in [9.17, 15) is 4.79 Å². The summed E-state index contributed by atoms with van der Waals surface area (Å²) in [5.41, 5.74) is 3.59. The van der Waals surface area contributed by atoms with Gasteiger partial charge in [0.2, 0.25) is 12.3 Å². The highest BCUT2D eigenvalue weighted by Crippen LogP contribution is 2.47. The lowest BCUT2D eigenvalue weighted by atomic mass is 10.1. The number of pyridine rings is 1. The number of aryl methyl sites for hydroxylation is 1. The second-order valence-electron chi connectivity index (χ2n) is 7.42. The van der Waals surface area contributed by atoms with Gasteiger partial charge in [-0.1, -0.05) is 6.08 Å². The zero-order valence-corrected chi connectivity index (χ0v) is 18.1. The lowest BCUT2D eigenvalue weighted by molar-refractivity contribution is -0.115. The summed E-state index contributed by atoms with van der Waals surface area (Å²) in [5.74, 6) is 2.77. The minimum absolute atomic E-state index is 0.395. The molecule has 1 fully saturated rings. The molecule has 0 radical (unpaired) electrons. The van der Waals surface area contributed by atoms with Gasteiger partial charge < -0.3 is 14.4 Å². The highest BCUT2D eigenvalue weighted by Gasteiger charge is 2.40. The summed E-state index contributed by atoms with van der Waals surface area (Å²) in [6.45, 7) is 6.23. The molecular weight excluding hydrogens is 380 g/mol. The summed E-state index contributed by atoms with van der Waals surface area (Å²) >= 11 is 0. The molecule has 1 amide bonds. The van der Waals surface area contributed by atoms with Crippen LogP contribution in [0.2, 0.25) is 0 Å². The van der Waals surface area contributed by atoms with Crippen LogP contribution in [0.3, 0.4) is 0 Å². The number of methoxy groups -OCH3 is 1. The summed E-state index contributed by atoms with van der Waals surface area (Å²) < 4.78 is 11.3. The van der Waals surface area contributed by atoms with E-state index in [0.717, 1.165) is 41.1 Å². The number of rotatable bonds is 9. The van der Waals surface area contributed by atoms with Crippen LogP contribution in [0, 0.1) is 12.8 Å². The third-order valence-corrected chi connectivity index (χ3v) is 5.31. The van der Waals surface area contributed by atoms with Crippen molar-refractivity contribution in [1.29, 1.82) is 0 Å². The van der Waals surface area contributed by atoms with E-state index in [1.807, 2.05) is 45.1 Å². The normalized spacial score (nSPS) is 18.7. The highest BCUT2D eigenvalue weighted by atomic mass is 16.5. The van der Waals surface area contributed by atoms with Crippen molar-refractivity contribution in [1.82, 2.24) is 19.9 Å². The summed E-state index contributed by atoms with van der Waals surface area (Å²) in [5, 5.41) is 0. The number of ether oxygens (including phenoxy) is 2.